The van der Waals surface area contributed by atoms with E-state index in [1.807, 2.05) is 18.2 Å². The number of nitrogens with one attached hydrogen (secondary N) is 1. The molecule has 3 aromatic rings. The topological polar surface area (TPSA) is 75.7 Å². The minimum Gasteiger partial charge on any atom is -0.455 e. The molecule has 6 nitrogen and oxygen atoms in total. The van der Waals surface area contributed by atoms with E-state index in [4.69, 9.17) is 27.9 Å². The largest absolute Gasteiger partial charge is 0.455 e. The van der Waals surface area contributed by atoms with Gasteiger partial charge in [0.25, 0.3) is 0 Å². The average Bonchev–Trinajstić information content (AvgIpc) is 2.72. The Kier molecular flexibility index (Phi) is 7.33. The molecule has 0 unspecified atom stereocenters. The lowest BCUT2D eigenvalue weighted by Crippen LogP contribution is -2.45. The van der Waals surface area contributed by atoms with Crippen molar-refractivity contribution in [2.24, 2.45) is 0 Å². The summed E-state index contributed by atoms with van der Waals surface area (Å²) in [4.78, 5) is 13.1. The second-order valence-corrected chi connectivity index (χ2v) is 9.94. The van der Waals surface area contributed by atoms with Crippen LogP contribution in [0, 0.1) is 6.92 Å². The van der Waals surface area contributed by atoms with Crippen molar-refractivity contribution in [3.05, 3.63) is 82.3 Å². The van der Waals surface area contributed by atoms with Crippen molar-refractivity contribution < 1.29 is 17.9 Å². The second kappa shape index (κ2) is 9.81. The molecule has 0 fully saturated rings. The van der Waals surface area contributed by atoms with Gasteiger partial charge in [-0.05, 0) is 61.9 Å². The predicted octanol–water partition coefficient (Wildman–Crippen LogP) is 5.89. The predicted molar refractivity (Wildman–Crippen MR) is 130 cm³/mol. The smallest absolute Gasteiger partial charge is 0.248 e. The average molecular weight is 493 g/mol. The number of aryl methyl sites for hydroxylation is 1. The first-order chi connectivity index (χ1) is 15.1. The summed E-state index contributed by atoms with van der Waals surface area (Å²) in [6, 6.07) is 17.7. The van der Waals surface area contributed by atoms with Crippen LogP contribution in [0.1, 0.15) is 12.5 Å². The van der Waals surface area contributed by atoms with Crippen LogP contribution in [0.2, 0.25) is 10.0 Å². The number of nitrogens with zero attached hydrogens (tertiary/aromatic N) is 1. The number of benzene rings is 3. The van der Waals surface area contributed by atoms with Crippen LogP contribution < -0.4 is 14.4 Å². The third-order valence-corrected chi connectivity index (χ3v) is 6.37. The summed E-state index contributed by atoms with van der Waals surface area (Å²) in [5, 5.41) is 3.49. The van der Waals surface area contributed by atoms with E-state index < -0.39 is 22.0 Å². The molecule has 0 aliphatic heterocycles. The van der Waals surface area contributed by atoms with Gasteiger partial charge in [0, 0.05) is 10.0 Å². The van der Waals surface area contributed by atoms with Crippen molar-refractivity contribution >= 4 is 50.5 Å². The molecule has 0 saturated heterocycles. The molecule has 0 aliphatic rings. The molecule has 0 spiro atoms. The number of amides is 1. The second-order valence-electron chi connectivity index (χ2n) is 7.21. The number of para-hydroxylation sites is 1. The number of hydrogen-bond donors (Lipinski definition) is 1. The maximum absolute atomic E-state index is 13.1. The summed E-state index contributed by atoms with van der Waals surface area (Å²) < 4.78 is 32.1. The molecule has 0 bridgehead atoms. The fourth-order valence-corrected chi connectivity index (χ4v) is 4.71. The van der Waals surface area contributed by atoms with Gasteiger partial charge in [0.2, 0.25) is 15.9 Å². The van der Waals surface area contributed by atoms with E-state index in [9.17, 15) is 13.2 Å². The van der Waals surface area contributed by atoms with E-state index in [-0.39, 0.29) is 0 Å². The Balaban J connectivity index is 1.93. The monoisotopic (exact) mass is 492 g/mol. The van der Waals surface area contributed by atoms with Crippen LogP contribution in [-0.2, 0) is 14.8 Å². The third-order valence-electron chi connectivity index (χ3n) is 4.67. The minimum atomic E-state index is -3.80. The van der Waals surface area contributed by atoms with E-state index in [0.717, 1.165) is 10.6 Å². The molecule has 1 atom stereocenters. The quantitative estimate of drug-likeness (QED) is 0.446. The highest BCUT2D eigenvalue weighted by molar-refractivity contribution is 7.92. The molecule has 1 amide bonds. The molecule has 9 heteroatoms. The van der Waals surface area contributed by atoms with Crippen molar-refractivity contribution in [2.75, 3.05) is 15.9 Å². The molecule has 0 saturated carbocycles. The van der Waals surface area contributed by atoms with Gasteiger partial charge in [0.05, 0.1) is 17.6 Å². The maximum Gasteiger partial charge on any atom is 0.248 e. The molecular weight excluding hydrogens is 471 g/mol. The van der Waals surface area contributed by atoms with Gasteiger partial charge in [0.1, 0.15) is 11.8 Å². The van der Waals surface area contributed by atoms with Gasteiger partial charge in [-0.15, -0.1) is 0 Å². The summed E-state index contributed by atoms with van der Waals surface area (Å²) in [7, 11) is -3.80. The van der Waals surface area contributed by atoms with E-state index in [0.29, 0.717) is 38.5 Å². The van der Waals surface area contributed by atoms with Crippen LogP contribution in [0.25, 0.3) is 0 Å². The Morgan fingerprint density at radius 3 is 2.28 bits per heavy atom. The summed E-state index contributed by atoms with van der Waals surface area (Å²) >= 11 is 12.2. The van der Waals surface area contributed by atoms with Crippen molar-refractivity contribution in [2.45, 2.75) is 19.9 Å². The summed E-state index contributed by atoms with van der Waals surface area (Å²) in [6.07, 6.45) is 1.04. The lowest BCUT2D eigenvalue weighted by Gasteiger charge is -2.29. The fourth-order valence-electron chi connectivity index (χ4n) is 3.14. The summed E-state index contributed by atoms with van der Waals surface area (Å²) in [6.45, 7) is 3.25. The van der Waals surface area contributed by atoms with Gasteiger partial charge in [-0.3, -0.25) is 9.10 Å². The first-order valence-corrected chi connectivity index (χ1v) is 12.3. The zero-order chi connectivity index (χ0) is 23.5. The number of ether oxygens (including phenoxy) is 1. The first-order valence-electron chi connectivity index (χ1n) is 9.65. The Hall–Kier alpha value is -2.74. The van der Waals surface area contributed by atoms with E-state index in [1.165, 1.54) is 13.0 Å². The van der Waals surface area contributed by atoms with Gasteiger partial charge in [-0.1, -0.05) is 47.5 Å². The Labute approximate surface area is 197 Å². The Morgan fingerprint density at radius 1 is 1.00 bits per heavy atom. The van der Waals surface area contributed by atoms with Gasteiger partial charge in [0.15, 0.2) is 5.75 Å². The first kappa shape index (κ1) is 23.9. The van der Waals surface area contributed by atoms with Crippen LogP contribution in [0.15, 0.2) is 66.7 Å². The Morgan fingerprint density at radius 2 is 1.62 bits per heavy atom. The molecule has 3 rings (SSSR count). The van der Waals surface area contributed by atoms with Crippen LogP contribution in [0.4, 0.5) is 11.4 Å². The number of hydrogen-bond acceptors (Lipinski definition) is 4. The highest BCUT2D eigenvalue weighted by Gasteiger charge is 2.31. The molecule has 3 aromatic carbocycles. The van der Waals surface area contributed by atoms with Crippen LogP contribution in [0.3, 0.4) is 0 Å². The van der Waals surface area contributed by atoms with E-state index >= 15 is 0 Å². The van der Waals surface area contributed by atoms with E-state index in [2.05, 4.69) is 5.32 Å². The zero-order valence-electron chi connectivity index (χ0n) is 17.7. The van der Waals surface area contributed by atoms with Gasteiger partial charge < -0.3 is 10.1 Å². The van der Waals surface area contributed by atoms with Crippen LogP contribution in [0.5, 0.6) is 11.5 Å². The number of carbonyl (C=O) groups is 1. The van der Waals surface area contributed by atoms with Crippen LogP contribution in [-0.4, -0.2) is 26.6 Å². The van der Waals surface area contributed by atoms with Crippen molar-refractivity contribution in [3.63, 3.8) is 0 Å². The third kappa shape index (κ3) is 5.73. The highest BCUT2D eigenvalue weighted by Crippen LogP contribution is 2.33. The molecule has 32 heavy (non-hydrogen) atoms. The van der Waals surface area contributed by atoms with Gasteiger partial charge in [-0.25, -0.2) is 8.42 Å². The number of halogens is 2. The molecule has 0 aliphatic carbocycles. The fraction of sp³-hybridized carbons (Fsp3) is 0.174. The molecule has 0 radical (unpaired) electrons. The number of rotatable bonds is 7. The lowest BCUT2D eigenvalue weighted by atomic mass is 10.1. The lowest BCUT2D eigenvalue weighted by molar-refractivity contribution is -0.116. The van der Waals surface area contributed by atoms with Gasteiger partial charge >= 0.3 is 0 Å². The molecule has 1 N–H and O–H groups in total. The molecular formula is C23H22Cl2N2O4S. The molecule has 0 aromatic heterocycles. The van der Waals surface area contributed by atoms with E-state index in [1.54, 1.807) is 49.4 Å². The number of sulfonamides is 1. The van der Waals surface area contributed by atoms with Crippen molar-refractivity contribution in [1.29, 1.82) is 0 Å². The Bertz CT molecular complexity index is 1230. The van der Waals surface area contributed by atoms with Crippen molar-refractivity contribution in [1.82, 2.24) is 0 Å². The zero-order valence-corrected chi connectivity index (χ0v) is 20.0. The standard InChI is InChI=1S/C23H22Cl2N2O4S/c1-15-9-10-18(25)14-21(15)27(32(3,29)30)16(2)23(28)26-20-13-17(24)11-12-22(20)31-19-7-5-4-6-8-19/h4-14,16H,1-3H3,(H,26,28)/t16-/m1/s1. The number of carbonyl (C=O) groups excluding carboxylic acids is 1. The SMILES string of the molecule is Cc1ccc(Cl)cc1N([C@H](C)C(=O)Nc1cc(Cl)ccc1Oc1ccccc1)S(C)(=O)=O. The molecule has 0 heterocycles. The van der Waals surface area contributed by atoms with Gasteiger partial charge in [-0.2, -0.15) is 0 Å². The minimum absolute atomic E-state index is 0.314. The maximum atomic E-state index is 13.1. The van der Waals surface area contributed by atoms with Crippen molar-refractivity contribution in [3.8, 4) is 11.5 Å². The summed E-state index contributed by atoms with van der Waals surface area (Å²) in [5.41, 5.74) is 1.30. The normalized spacial score (nSPS) is 12.2. The molecule has 168 valence electrons. The number of anilines is 2. The highest BCUT2D eigenvalue weighted by atomic mass is 35.5. The van der Waals surface area contributed by atoms with Crippen LogP contribution >= 0.6 is 23.2 Å². The summed E-state index contributed by atoms with van der Waals surface area (Å²) in [5.74, 6) is 0.381.